The Bertz CT molecular complexity index is 265. The van der Waals surface area contributed by atoms with Gasteiger partial charge in [0.05, 0.1) is 12.5 Å². The molecule has 0 aromatic heterocycles. The van der Waals surface area contributed by atoms with Gasteiger partial charge in [-0.05, 0) is 25.2 Å². The fraction of sp³-hybridized carbons (Fsp3) is 0.800. The van der Waals surface area contributed by atoms with Gasteiger partial charge in [0.1, 0.15) is 0 Å². The van der Waals surface area contributed by atoms with E-state index in [1.54, 1.807) is 0 Å². The predicted molar refractivity (Wildman–Crippen MR) is 51.5 cm³/mol. The fourth-order valence-electron chi connectivity index (χ4n) is 2.33. The lowest BCUT2D eigenvalue weighted by atomic mass is 10.1. The van der Waals surface area contributed by atoms with Crippen molar-refractivity contribution in [3.63, 3.8) is 0 Å². The van der Waals surface area contributed by atoms with Crippen LogP contribution in [0, 0.1) is 5.92 Å². The van der Waals surface area contributed by atoms with Crippen molar-refractivity contribution >= 4 is 11.8 Å². The molecule has 0 radical (unpaired) electrons. The van der Waals surface area contributed by atoms with Crippen LogP contribution in [0.2, 0.25) is 0 Å². The third-order valence-corrected chi connectivity index (χ3v) is 3.10. The summed E-state index contributed by atoms with van der Waals surface area (Å²) in [6.07, 6.45) is 3.78. The molecule has 78 valence electrons. The maximum atomic E-state index is 11.3. The summed E-state index contributed by atoms with van der Waals surface area (Å²) < 4.78 is 0. The number of hydrogen-bond acceptors (Lipinski definition) is 3. The Balaban J connectivity index is 1.86. The Morgan fingerprint density at radius 1 is 1.36 bits per heavy atom. The van der Waals surface area contributed by atoms with Crippen LogP contribution >= 0.6 is 0 Å². The Kier molecular flexibility index (Phi) is 2.54. The zero-order valence-corrected chi connectivity index (χ0v) is 8.38. The minimum atomic E-state index is -0.280. The van der Waals surface area contributed by atoms with E-state index >= 15 is 0 Å². The molecule has 1 saturated heterocycles. The average molecular weight is 196 g/mol. The first kappa shape index (κ1) is 9.65. The summed E-state index contributed by atoms with van der Waals surface area (Å²) in [7, 11) is 0. The Morgan fingerprint density at radius 3 is 2.64 bits per heavy atom. The quantitative estimate of drug-likeness (QED) is 0.619. The lowest BCUT2D eigenvalue weighted by Crippen LogP contribution is -2.41. The van der Waals surface area contributed by atoms with E-state index in [-0.39, 0.29) is 17.9 Å². The van der Waals surface area contributed by atoms with Crippen LogP contribution < -0.4 is 10.6 Å². The molecule has 1 heterocycles. The standard InChI is InChI=1S/C10H16N2O2/c1-6-2-3-7(4-6)11-8-5-9(13)12-10(8)14/h6-8,11H,2-5H2,1H3,(H,12,13,14). The predicted octanol–water partition coefficient (Wildman–Crippen LogP) is 0.180. The largest absolute Gasteiger partial charge is 0.303 e. The number of rotatable bonds is 2. The number of nitrogens with one attached hydrogen (secondary N) is 2. The third-order valence-electron chi connectivity index (χ3n) is 3.10. The van der Waals surface area contributed by atoms with E-state index in [0.29, 0.717) is 12.5 Å². The highest BCUT2D eigenvalue weighted by atomic mass is 16.2. The smallest absolute Gasteiger partial charge is 0.244 e. The molecule has 3 atom stereocenters. The van der Waals surface area contributed by atoms with E-state index < -0.39 is 0 Å². The second-order valence-corrected chi connectivity index (χ2v) is 4.45. The zero-order chi connectivity index (χ0) is 10.1. The van der Waals surface area contributed by atoms with E-state index in [0.717, 1.165) is 18.8 Å². The molecule has 0 aromatic carbocycles. The van der Waals surface area contributed by atoms with Crippen molar-refractivity contribution in [2.75, 3.05) is 0 Å². The van der Waals surface area contributed by atoms with Gasteiger partial charge in [0.25, 0.3) is 0 Å². The third kappa shape index (κ3) is 1.95. The Morgan fingerprint density at radius 2 is 2.14 bits per heavy atom. The van der Waals surface area contributed by atoms with E-state index in [1.807, 2.05) is 0 Å². The second-order valence-electron chi connectivity index (χ2n) is 4.45. The molecule has 3 unspecified atom stereocenters. The summed E-state index contributed by atoms with van der Waals surface area (Å²) in [6.45, 7) is 2.22. The molecular weight excluding hydrogens is 180 g/mol. The lowest BCUT2D eigenvalue weighted by molar-refractivity contribution is -0.125. The summed E-state index contributed by atoms with van der Waals surface area (Å²) >= 11 is 0. The molecule has 2 rings (SSSR count). The molecule has 4 heteroatoms. The molecule has 0 spiro atoms. The molecule has 2 N–H and O–H groups in total. The van der Waals surface area contributed by atoms with E-state index in [2.05, 4.69) is 17.6 Å². The monoisotopic (exact) mass is 196 g/mol. The lowest BCUT2D eigenvalue weighted by Gasteiger charge is -2.15. The summed E-state index contributed by atoms with van der Waals surface area (Å²) in [5.41, 5.74) is 0. The minimum absolute atomic E-state index is 0.154. The van der Waals surface area contributed by atoms with Crippen LogP contribution in [-0.4, -0.2) is 23.9 Å². The molecule has 1 aliphatic heterocycles. The Hall–Kier alpha value is -0.900. The van der Waals surface area contributed by atoms with Gasteiger partial charge in [-0.2, -0.15) is 0 Å². The van der Waals surface area contributed by atoms with Gasteiger partial charge < -0.3 is 5.32 Å². The van der Waals surface area contributed by atoms with Crippen molar-refractivity contribution in [2.24, 2.45) is 5.92 Å². The number of amides is 2. The zero-order valence-electron chi connectivity index (χ0n) is 8.38. The molecule has 1 saturated carbocycles. The van der Waals surface area contributed by atoms with Gasteiger partial charge in [-0.3, -0.25) is 14.9 Å². The van der Waals surface area contributed by atoms with Gasteiger partial charge >= 0.3 is 0 Å². The summed E-state index contributed by atoms with van der Waals surface area (Å²) in [5, 5.41) is 5.57. The molecule has 4 nitrogen and oxygen atoms in total. The number of carbonyl (C=O) groups is 2. The maximum Gasteiger partial charge on any atom is 0.244 e. The summed E-state index contributed by atoms with van der Waals surface area (Å²) in [5.74, 6) is 0.431. The normalized spacial score (nSPS) is 37.6. The molecule has 2 fully saturated rings. The number of carbonyl (C=O) groups excluding carboxylic acids is 2. The van der Waals surface area contributed by atoms with Gasteiger partial charge in [0, 0.05) is 6.04 Å². The fourth-order valence-corrected chi connectivity index (χ4v) is 2.33. The maximum absolute atomic E-state index is 11.3. The van der Waals surface area contributed by atoms with Crippen LogP contribution in [0.15, 0.2) is 0 Å². The number of hydrogen-bond donors (Lipinski definition) is 2. The Labute approximate surface area is 83.4 Å². The van der Waals surface area contributed by atoms with Crippen LogP contribution in [0.5, 0.6) is 0 Å². The van der Waals surface area contributed by atoms with Gasteiger partial charge in [0.15, 0.2) is 0 Å². The van der Waals surface area contributed by atoms with Crippen molar-refractivity contribution in [1.29, 1.82) is 0 Å². The van der Waals surface area contributed by atoms with Gasteiger partial charge in [-0.15, -0.1) is 0 Å². The van der Waals surface area contributed by atoms with Crippen molar-refractivity contribution in [3.8, 4) is 0 Å². The molecule has 0 bridgehead atoms. The van der Waals surface area contributed by atoms with Crippen molar-refractivity contribution in [1.82, 2.24) is 10.6 Å². The average Bonchev–Trinajstić information content (AvgIpc) is 2.61. The minimum Gasteiger partial charge on any atom is -0.303 e. The van der Waals surface area contributed by atoms with Crippen molar-refractivity contribution in [3.05, 3.63) is 0 Å². The first-order valence-electron chi connectivity index (χ1n) is 5.25. The summed E-state index contributed by atoms with van der Waals surface area (Å²) in [4.78, 5) is 22.2. The van der Waals surface area contributed by atoms with Crippen LogP contribution in [0.25, 0.3) is 0 Å². The van der Waals surface area contributed by atoms with Crippen LogP contribution in [-0.2, 0) is 9.59 Å². The molecule has 2 aliphatic rings. The molecule has 14 heavy (non-hydrogen) atoms. The van der Waals surface area contributed by atoms with Crippen LogP contribution in [0.3, 0.4) is 0 Å². The van der Waals surface area contributed by atoms with Crippen molar-refractivity contribution < 1.29 is 9.59 Å². The van der Waals surface area contributed by atoms with E-state index in [9.17, 15) is 9.59 Å². The second kappa shape index (κ2) is 3.69. The highest BCUT2D eigenvalue weighted by molar-refractivity contribution is 6.05. The van der Waals surface area contributed by atoms with Crippen LogP contribution in [0.1, 0.15) is 32.6 Å². The number of imide groups is 1. The first-order chi connectivity index (χ1) is 6.65. The van der Waals surface area contributed by atoms with Gasteiger partial charge in [0.2, 0.25) is 11.8 Å². The van der Waals surface area contributed by atoms with Gasteiger partial charge in [-0.25, -0.2) is 0 Å². The highest BCUT2D eigenvalue weighted by Crippen LogP contribution is 2.25. The summed E-state index contributed by atoms with van der Waals surface area (Å²) in [6, 6.07) is 0.143. The SMILES string of the molecule is CC1CCC(NC2CC(=O)NC2=O)C1. The molecule has 0 aromatic rings. The van der Waals surface area contributed by atoms with Crippen LogP contribution in [0.4, 0.5) is 0 Å². The highest BCUT2D eigenvalue weighted by Gasteiger charge is 2.33. The van der Waals surface area contributed by atoms with E-state index in [4.69, 9.17) is 0 Å². The first-order valence-corrected chi connectivity index (χ1v) is 5.25. The van der Waals surface area contributed by atoms with E-state index in [1.165, 1.54) is 6.42 Å². The van der Waals surface area contributed by atoms with Crippen molar-refractivity contribution in [2.45, 2.75) is 44.7 Å². The molecule has 2 amide bonds. The topological polar surface area (TPSA) is 58.2 Å². The van der Waals surface area contributed by atoms with Gasteiger partial charge in [-0.1, -0.05) is 6.92 Å². The molecule has 1 aliphatic carbocycles. The molecular formula is C10H16N2O2.